The first kappa shape index (κ1) is 14.9. The molecule has 122 valence electrons. The Labute approximate surface area is 132 Å². The Balaban J connectivity index is 1.63. The van der Waals surface area contributed by atoms with Crippen LogP contribution in [-0.4, -0.2) is 28.2 Å². The van der Waals surface area contributed by atoms with Gasteiger partial charge in [0.05, 0.1) is 12.2 Å². The van der Waals surface area contributed by atoms with E-state index in [-0.39, 0.29) is 12.0 Å². The monoisotopic (exact) mass is 304 g/mol. The van der Waals surface area contributed by atoms with E-state index >= 15 is 0 Å². The van der Waals surface area contributed by atoms with Crippen LogP contribution in [0, 0.1) is 29.1 Å². The standard InChI is InChI=1S/C19H28O3/c1-18-8-6-15-14-5-3-13(21)10-12(14)2-4-16(15)17(18)7-9-19(18,22)11-20/h10,14-17,20,22H,2-9,11H2,1H3/t14-,15+,16+,17-,18-,19+/m1/s1. The molecule has 0 amide bonds. The van der Waals surface area contributed by atoms with Gasteiger partial charge >= 0.3 is 0 Å². The third kappa shape index (κ3) is 1.85. The van der Waals surface area contributed by atoms with E-state index in [4.69, 9.17) is 0 Å². The van der Waals surface area contributed by atoms with Gasteiger partial charge in [-0.15, -0.1) is 0 Å². The highest BCUT2D eigenvalue weighted by molar-refractivity contribution is 5.91. The largest absolute Gasteiger partial charge is 0.393 e. The van der Waals surface area contributed by atoms with Crippen LogP contribution in [0.2, 0.25) is 0 Å². The predicted molar refractivity (Wildman–Crippen MR) is 84.1 cm³/mol. The van der Waals surface area contributed by atoms with Crippen molar-refractivity contribution in [2.24, 2.45) is 29.1 Å². The first-order valence-corrected chi connectivity index (χ1v) is 9.05. The molecule has 2 N–H and O–H groups in total. The zero-order valence-electron chi connectivity index (χ0n) is 13.6. The minimum Gasteiger partial charge on any atom is -0.393 e. The van der Waals surface area contributed by atoms with Crippen molar-refractivity contribution >= 4 is 5.78 Å². The van der Waals surface area contributed by atoms with Crippen molar-refractivity contribution in [2.45, 2.75) is 63.9 Å². The molecule has 0 saturated heterocycles. The van der Waals surface area contributed by atoms with Crippen LogP contribution in [0.3, 0.4) is 0 Å². The van der Waals surface area contributed by atoms with Gasteiger partial charge in [0, 0.05) is 11.8 Å². The minimum atomic E-state index is -0.874. The minimum absolute atomic E-state index is 0.0968. The second-order valence-electron chi connectivity index (χ2n) is 8.49. The molecule has 0 radical (unpaired) electrons. The Hall–Kier alpha value is -0.670. The fraction of sp³-hybridized carbons (Fsp3) is 0.842. The van der Waals surface area contributed by atoms with Gasteiger partial charge in [-0.25, -0.2) is 0 Å². The van der Waals surface area contributed by atoms with Crippen LogP contribution >= 0.6 is 0 Å². The van der Waals surface area contributed by atoms with Gasteiger partial charge in [-0.3, -0.25) is 4.79 Å². The van der Waals surface area contributed by atoms with Gasteiger partial charge in [0.25, 0.3) is 0 Å². The van der Waals surface area contributed by atoms with Crippen molar-refractivity contribution in [2.75, 3.05) is 6.61 Å². The third-order valence-electron chi connectivity index (χ3n) is 7.88. The van der Waals surface area contributed by atoms with Crippen LogP contribution in [0.15, 0.2) is 11.6 Å². The van der Waals surface area contributed by atoms with E-state index < -0.39 is 5.60 Å². The number of carbonyl (C=O) groups is 1. The predicted octanol–water partition coefficient (Wildman–Crippen LogP) is 2.85. The van der Waals surface area contributed by atoms with E-state index in [0.29, 0.717) is 29.5 Å². The van der Waals surface area contributed by atoms with Crippen LogP contribution in [0.4, 0.5) is 0 Å². The van der Waals surface area contributed by atoms with Crippen LogP contribution in [0.1, 0.15) is 58.3 Å². The lowest BCUT2D eigenvalue weighted by atomic mass is 9.50. The summed E-state index contributed by atoms with van der Waals surface area (Å²) in [6, 6.07) is 0. The van der Waals surface area contributed by atoms with Gasteiger partial charge in [-0.2, -0.15) is 0 Å². The van der Waals surface area contributed by atoms with Crippen LogP contribution in [0.5, 0.6) is 0 Å². The normalized spacial score (nSPS) is 50.9. The zero-order valence-corrected chi connectivity index (χ0v) is 13.6. The summed E-state index contributed by atoms with van der Waals surface area (Å²) in [4.78, 5) is 11.7. The van der Waals surface area contributed by atoms with E-state index in [1.54, 1.807) is 0 Å². The molecule has 0 aromatic rings. The molecular formula is C19H28O3. The number of aliphatic hydroxyl groups is 2. The lowest BCUT2D eigenvalue weighted by Crippen LogP contribution is -2.54. The highest BCUT2D eigenvalue weighted by Crippen LogP contribution is 2.64. The number of ketones is 1. The molecule has 0 spiro atoms. The van der Waals surface area contributed by atoms with Gasteiger partial charge in [0.15, 0.2) is 5.78 Å². The van der Waals surface area contributed by atoms with Crippen molar-refractivity contribution in [1.82, 2.24) is 0 Å². The van der Waals surface area contributed by atoms with Crippen LogP contribution in [0.25, 0.3) is 0 Å². The number of hydrogen-bond acceptors (Lipinski definition) is 3. The molecule has 0 heterocycles. The third-order valence-corrected chi connectivity index (χ3v) is 7.88. The summed E-state index contributed by atoms with van der Waals surface area (Å²) in [5.41, 5.74) is 0.423. The molecule has 4 aliphatic rings. The lowest BCUT2D eigenvalue weighted by Gasteiger charge is -2.55. The summed E-state index contributed by atoms with van der Waals surface area (Å²) in [5.74, 6) is 2.86. The molecule has 0 aromatic heterocycles. The fourth-order valence-corrected chi connectivity index (χ4v) is 6.55. The molecule has 0 aliphatic heterocycles. The topological polar surface area (TPSA) is 57.5 Å². The molecule has 0 aromatic carbocycles. The van der Waals surface area contributed by atoms with Crippen LogP contribution < -0.4 is 0 Å². The molecular weight excluding hydrogens is 276 g/mol. The van der Waals surface area contributed by atoms with Gasteiger partial charge in [0.2, 0.25) is 0 Å². The quantitative estimate of drug-likeness (QED) is 0.783. The maximum absolute atomic E-state index is 11.7. The summed E-state index contributed by atoms with van der Waals surface area (Å²) in [6.45, 7) is 2.12. The van der Waals surface area contributed by atoms with E-state index in [1.165, 1.54) is 12.0 Å². The molecule has 6 atom stereocenters. The van der Waals surface area contributed by atoms with Crippen LogP contribution in [-0.2, 0) is 4.79 Å². The van der Waals surface area contributed by atoms with Gasteiger partial charge in [0.1, 0.15) is 0 Å². The Kier molecular flexibility index (Phi) is 3.32. The number of aliphatic hydroxyl groups excluding tert-OH is 1. The molecule has 3 heteroatoms. The SMILES string of the molecule is C[C@@]12CC[C@@H]3[C@H](CCC4=CC(=O)CC[C@H]43)[C@H]1CC[C@]2(O)CO. The van der Waals surface area contributed by atoms with Gasteiger partial charge in [-0.1, -0.05) is 12.5 Å². The Morgan fingerprint density at radius 1 is 1.14 bits per heavy atom. The molecule has 3 saturated carbocycles. The van der Waals surface area contributed by atoms with Crippen molar-refractivity contribution in [3.05, 3.63) is 11.6 Å². The Bertz CT molecular complexity index is 525. The molecule has 4 aliphatic carbocycles. The molecule has 3 nitrogen and oxygen atoms in total. The number of allylic oxidation sites excluding steroid dienone is 1. The van der Waals surface area contributed by atoms with Crippen molar-refractivity contribution in [1.29, 1.82) is 0 Å². The number of rotatable bonds is 1. The number of carbonyl (C=O) groups excluding carboxylic acids is 1. The van der Waals surface area contributed by atoms with Gasteiger partial charge < -0.3 is 10.2 Å². The van der Waals surface area contributed by atoms with Gasteiger partial charge in [-0.05, 0) is 74.7 Å². The molecule has 0 unspecified atom stereocenters. The first-order chi connectivity index (χ1) is 10.5. The zero-order chi connectivity index (χ0) is 15.5. The summed E-state index contributed by atoms with van der Waals surface area (Å²) in [5, 5.41) is 20.7. The fourth-order valence-electron chi connectivity index (χ4n) is 6.55. The summed E-state index contributed by atoms with van der Waals surface area (Å²) < 4.78 is 0. The maximum Gasteiger partial charge on any atom is 0.155 e. The Morgan fingerprint density at radius 3 is 2.73 bits per heavy atom. The maximum atomic E-state index is 11.7. The van der Waals surface area contributed by atoms with E-state index in [1.807, 2.05) is 6.08 Å². The Morgan fingerprint density at radius 2 is 1.95 bits per heavy atom. The van der Waals surface area contributed by atoms with Crippen molar-refractivity contribution in [3.63, 3.8) is 0 Å². The molecule has 4 rings (SSSR count). The highest BCUT2D eigenvalue weighted by Gasteiger charge is 2.62. The van der Waals surface area contributed by atoms with E-state index in [2.05, 4.69) is 6.92 Å². The second kappa shape index (κ2) is 4.91. The summed E-state index contributed by atoms with van der Waals surface area (Å²) in [6.07, 6.45) is 9.92. The lowest BCUT2D eigenvalue weighted by molar-refractivity contribution is -0.139. The number of fused-ring (bicyclic) bond motifs is 5. The smallest absolute Gasteiger partial charge is 0.155 e. The number of hydrogen-bond donors (Lipinski definition) is 2. The molecule has 3 fully saturated rings. The molecule has 0 bridgehead atoms. The summed E-state index contributed by atoms with van der Waals surface area (Å²) in [7, 11) is 0. The average molecular weight is 304 g/mol. The average Bonchev–Trinajstić information content (AvgIpc) is 2.79. The highest BCUT2D eigenvalue weighted by atomic mass is 16.3. The van der Waals surface area contributed by atoms with Crippen molar-refractivity contribution < 1.29 is 15.0 Å². The molecule has 22 heavy (non-hydrogen) atoms. The first-order valence-electron chi connectivity index (χ1n) is 9.05. The second-order valence-corrected chi connectivity index (χ2v) is 8.49. The van der Waals surface area contributed by atoms with E-state index in [0.717, 1.165) is 44.9 Å². The summed E-state index contributed by atoms with van der Waals surface area (Å²) >= 11 is 0. The van der Waals surface area contributed by atoms with Crippen molar-refractivity contribution in [3.8, 4) is 0 Å². The van der Waals surface area contributed by atoms with E-state index in [9.17, 15) is 15.0 Å².